The molecule has 1 amide bonds. The first-order valence-corrected chi connectivity index (χ1v) is 5.81. The lowest BCUT2D eigenvalue weighted by Crippen LogP contribution is -2.43. The molecule has 3 unspecified atom stereocenters. The van der Waals surface area contributed by atoms with Crippen molar-refractivity contribution in [2.75, 3.05) is 26.9 Å². The molecule has 0 aromatic carbocycles. The van der Waals surface area contributed by atoms with Crippen molar-refractivity contribution in [3.05, 3.63) is 0 Å². The predicted molar refractivity (Wildman–Crippen MR) is 57.1 cm³/mol. The normalized spacial score (nSPS) is 31.9. The van der Waals surface area contributed by atoms with Gasteiger partial charge in [-0.3, -0.25) is 4.79 Å². The van der Waals surface area contributed by atoms with E-state index in [9.17, 15) is 4.79 Å². The van der Waals surface area contributed by atoms with Crippen LogP contribution in [-0.4, -0.2) is 51.1 Å². The van der Waals surface area contributed by atoms with Gasteiger partial charge in [-0.2, -0.15) is 0 Å². The minimum Gasteiger partial charge on any atom is -0.382 e. The van der Waals surface area contributed by atoms with E-state index < -0.39 is 0 Å². The molecule has 5 nitrogen and oxygen atoms in total. The molecule has 0 spiro atoms. The number of rotatable bonds is 6. The number of carbonyl (C=O) groups excluding carboxylic acids is 1. The molecule has 2 aliphatic heterocycles. The summed E-state index contributed by atoms with van der Waals surface area (Å²) in [6, 6.07) is 0.192. The number of amides is 1. The van der Waals surface area contributed by atoms with E-state index in [1.807, 2.05) is 0 Å². The number of carbonyl (C=O) groups is 1. The lowest BCUT2D eigenvalue weighted by molar-refractivity contribution is -0.127. The van der Waals surface area contributed by atoms with Crippen molar-refractivity contribution in [1.82, 2.24) is 5.32 Å². The van der Waals surface area contributed by atoms with Crippen LogP contribution in [0.15, 0.2) is 0 Å². The Labute approximate surface area is 95.4 Å². The van der Waals surface area contributed by atoms with Gasteiger partial charge in [-0.15, -0.1) is 0 Å². The molecule has 2 rings (SSSR count). The molecule has 0 radical (unpaired) electrons. The lowest BCUT2D eigenvalue weighted by Gasteiger charge is -2.19. The third-order valence-corrected chi connectivity index (χ3v) is 3.12. The molecule has 3 atom stereocenters. The Hall–Kier alpha value is -0.650. The van der Waals surface area contributed by atoms with Crippen LogP contribution < -0.4 is 5.32 Å². The fraction of sp³-hybridized carbons (Fsp3) is 0.909. The average Bonchev–Trinajstić information content (AvgIpc) is 2.86. The maximum atomic E-state index is 11.5. The molecule has 2 heterocycles. The predicted octanol–water partition coefficient (Wildman–Crippen LogP) is 0.0855. The van der Waals surface area contributed by atoms with Gasteiger partial charge in [0.25, 0.3) is 0 Å². The van der Waals surface area contributed by atoms with Crippen LogP contribution in [-0.2, 0) is 19.0 Å². The van der Waals surface area contributed by atoms with Crippen molar-refractivity contribution < 1.29 is 19.0 Å². The quantitative estimate of drug-likeness (QED) is 0.656. The Bertz CT molecular complexity index is 246. The Morgan fingerprint density at radius 1 is 1.44 bits per heavy atom. The summed E-state index contributed by atoms with van der Waals surface area (Å²) in [5.41, 5.74) is 0. The summed E-state index contributed by atoms with van der Waals surface area (Å²) in [5, 5.41) is 2.96. The minimum atomic E-state index is -0.0581. The van der Waals surface area contributed by atoms with E-state index in [2.05, 4.69) is 5.32 Å². The van der Waals surface area contributed by atoms with Gasteiger partial charge in [0.1, 0.15) is 6.61 Å². The van der Waals surface area contributed by atoms with Crippen molar-refractivity contribution in [3.8, 4) is 0 Å². The van der Waals surface area contributed by atoms with E-state index in [1.165, 1.54) is 0 Å². The van der Waals surface area contributed by atoms with E-state index >= 15 is 0 Å². The second kappa shape index (κ2) is 5.61. The van der Waals surface area contributed by atoms with Gasteiger partial charge in [0.15, 0.2) is 0 Å². The van der Waals surface area contributed by atoms with E-state index in [0.29, 0.717) is 19.3 Å². The molecule has 2 aliphatic rings. The number of ether oxygens (including phenoxy) is 3. The van der Waals surface area contributed by atoms with Crippen molar-refractivity contribution >= 4 is 5.91 Å². The third-order valence-electron chi connectivity index (χ3n) is 3.12. The molecule has 0 saturated carbocycles. The molecule has 5 heteroatoms. The van der Waals surface area contributed by atoms with Crippen molar-refractivity contribution in [3.63, 3.8) is 0 Å². The van der Waals surface area contributed by atoms with Crippen LogP contribution in [0.4, 0.5) is 0 Å². The molecule has 0 aromatic heterocycles. The molecule has 16 heavy (non-hydrogen) atoms. The zero-order chi connectivity index (χ0) is 11.4. The first-order valence-electron chi connectivity index (χ1n) is 5.81. The Morgan fingerprint density at radius 2 is 2.31 bits per heavy atom. The number of hydrogen-bond acceptors (Lipinski definition) is 4. The SMILES string of the molecule is COCCOCC(=O)NC1CC2CCC1O2. The highest BCUT2D eigenvalue weighted by atomic mass is 16.5. The van der Waals surface area contributed by atoms with Crippen LogP contribution >= 0.6 is 0 Å². The number of methoxy groups -OCH3 is 1. The molecule has 92 valence electrons. The fourth-order valence-electron chi connectivity index (χ4n) is 2.35. The van der Waals surface area contributed by atoms with Gasteiger partial charge >= 0.3 is 0 Å². The molecular formula is C11H19NO4. The number of fused-ring (bicyclic) bond motifs is 2. The molecule has 0 aromatic rings. The highest BCUT2D eigenvalue weighted by Gasteiger charge is 2.41. The second-order valence-electron chi connectivity index (χ2n) is 4.33. The van der Waals surface area contributed by atoms with Crippen molar-refractivity contribution in [1.29, 1.82) is 0 Å². The first kappa shape index (κ1) is 11.8. The van der Waals surface area contributed by atoms with Gasteiger partial charge in [-0.25, -0.2) is 0 Å². The summed E-state index contributed by atoms with van der Waals surface area (Å²) in [5.74, 6) is -0.0581. The zero-order valence-electron chi connectivity index (χ0n) is 9.61. The Morgan fingerprint density at radius 3 is 2.94 bits per heavy atom. The highest BCUT2D eigenvalue weighted by molar-refractivity contribution is 5.77. The van der Waals surface area contributed by atoms with Crippen LogP contribution in [0.25, 0.3) is 0 Å². The summed E-state index contributed by atoms with van der Waals surface area (Å²) < 4.78 is 15.6. The van der Waals surface area contributed by atoms with Crippen molar-refractivity contribution in [2.45, 2.75) is 37.5 Å². The lowest BCUT2D eigenvalue weighted by atomic mass is 9.95. The van der Waals surface area contributed by atoms with E-state index in [4.69, 9.17) is 14.2 Å². The molecular weight excluding hydrogens is 210 g/mol. The maximum Gasteiger partial charge on any atom is 0.246 e. The van der Waals surface area contributed by atoms with E-state index in [0.717, 1.165) is 19.3 Å². The highest BCUT2D eigenvalue weighted by Crippen LogP contribution is 2.34. The molecule has 0 aliphatic carbocycles. The topological polar surface area (TPSA) is 56.8 Å². The molecule has 2 bridgehead atoms. The largest absolute Gasteiger partial charge is 0.382 e. The Balaban J connectivity index is 1.60. The third kappa shape index (κ3) is 2.93. The van der Waals surface area contributed by atoms with E-state index in [-0.39, 0.29) is 24.7 Å². The summed E-state index contributed by atoms with van der Waals surface area (Å²) >= 11 is 0. The number of hydrogen-bond donors (Lipinski definition) is 1. The van der Waals surface area contributed by atoms with Gasteiger partial charge < -0.3 is 19.5 Å². The molecule has 2 saturated heterocycles. The van der Waals surface area contributed by atoms with Crippen LogP contribution in [0.1, 0.15) is 19.3 Å². The second-order valence-corrected chi connectivity index (χ2v) is 4.33. The van der Waals surface area contributed by atoms with Gasteiger partial charge in [0.2, 0.25) is 5.91 Å². The average molecular weight is 229 g/mol. The summed E-state index contributed by atoms with van der Waals surface area (Å²) in [6.07, 6.45) is 3.76. The smallest absolute Gasteiger partial charge is 0.246 e. The monoisotopic (exact) mass is 229 g/mol. The standard InChI is InChI=1S/C11H19NO4/c1-14-4-5-15-7-11(13)12-9-6-8-2-3-10(9)16-8/h8-10H,2-7H2,1H3,(H,12,13). The van der Waals surface area contributed by atoms with Crippen LogP contribution in [0.2, 0.25) is 0 Å². The van der Waals surface area contributed by atoms with E-state index in [1.54, 1.807) is 7.11 Å². The number of nitrogens with one attached hydrogen (secondary N) is 1. The summed E-state index contributed by atoms with van der Waals surface area (Å²) in [7, 11) is 1.61. The van der Waals surface area contributed by atoms with Crippen LogP contribution in [0, 0.1) is 0 Å². The van der Waals surface area contributed by atoms with Gasteiger partial charge in [-0.05, 0) is 19.3 Å². The molecule has 1 N–H and O–H groups in total. The Kier molecular flexibility index (Phi) is 4.15. The van der Waals surface area contributed by atoms with Crippen LogP contribution in [0.5, 0.6) is 0 Å². The van der Waals surface area contributed by atoms with Crippen LogP contribution in [0.3, 0.4) is 0 Å². The molecule has 2 fully saturated rings. The van der Waals surface area contributed by atoms with Crippen molar-refractivity contribution in [2.24, 2.45) is 0 Å². The summed E-state index contributed by atoms with van der Waals surface area (Å²) in [4.78, 5) is 11.5. The zero-order valence-corrected chi connectivity index (χ0v) is 9.61. The first-order chi connectivity index (χ1) is 7.79. The van der Waals surface area contributed by atoms with Gasteiger partial charge in [0, 0.05) is 7.11 Å². The fourth-order valence-corrected chi connectivity index (χ4v) is 2.35. The summed E-state index contributed by atoms with van der Waals surface area (Å²) in [6.45, 7) is 1.08. The maximum absolute atomic E-state index is 11.5. The van der Waals surface area contributed by atoms with Gasteiger partial charge in [0.05, 0.1) is 31.5 Å². The minimum absolute atomic E-state index is 0.0581. The van der Waals surface area contributed by atoms with Gasteiger partial charge in [-0.1, -0.05) is 0 Å².